The molecule has 1 aromatic rings. The van der Waals surface area contributed by atoms with Crippen molar-refractivity contribution < 1.29 is 15.0 Å². The molecule has 1 aromatic carbocycles. The molecule has 1 saturated heterocycles. The van der Waals surface area contributed by atoms with Crippen LogP contribution in [0.4, 0.5) is 0 Å². The van der Waals surface area contributed by atoms with E-state index in [9.17, 15) is 15.0 Å². The van der Waals surface area contributed by atoms with Gasteiger partial charge in [-0.05, 0) is 49.9 Å². The van der Waals surface area contributed by atoms with Crippen molar-refractivity contribution in [1.29, 1.82) is 0 Å². The molecule has 122 valence electrons. The van der Waals surface area contributed by atoms with Crippen LogP contribution in [-0.4, -0.2) is 39.7 Å². The van der Waals surface area contributed by atoms with E-state index in [0.717, 1.165) is 12.8 Å². The van der Waals surface area contributed by atoms with E-state index in [1.165, 1.54) is 0 Å². The first-order valence-corrected chi connectivity index (χ1v) is 8.24. The highest BCUT2D eigenvalue weighted by atomic mass is 35.5. The summed E-state index contributed by atoms with van der Waals surface area (Å²) in [7, 11) is 0. The minimum absolute atomic E-state index is 0.00696. The van der Waals surface area contributed by atoms with Gasteiger partial charge in [-0.25, -0.2) is 0 Å². The normalized spacial score (nSPS) is 21.0. The number of amides is 1. The molecule has 0 unspecified atom stereocenters. The Hall–Kier alpha value is -0.810. The van der Waals surface area contributed by atoms with Gasteiger partial charge in [0.05, 0.1) is 18.6 Å². The van der Waals surface area contributed by atoms with Crippen LogP contribution in [0.3, 0.4) is 0 Å². The highest BCUT2D eigenvalue weighted by Gasteiger charge is 2.30. The molecule has 22 heavy (non-hydrogen) atoms. The number of benzene rings is 1. The summed E-state index contributed by atoms with van der Waals surface area (Å²) in [6, 6.07) is 4.87. The lowest BCUT2D eigenvalue weighted by molar-refractivity contribution is -0.134. The largest absolute Gasteiger partial charge is 0.393 e. The summed E-state index contributed by atoms with van der Waals surface area (Å²) < 4.78 is 0. The Labute approximate surface area is 140 Å². The van der Waals surface area contributed by atoms with Gasteiger partial charge in [0.1, 0.15) is 0 Å². The highest BCUT2D eigenvalue weighted by molar-refractivity contribution is 6.34. The number of carbonyl (C=O) groups excluding carboxylic acids is 1. The summed E-state index contributed by atoms with van der Waals surface area (Å²) in [5, 5.41) is 20.6. The van der Waals surface area contributed by atoms with Crippen molar-refractivity contribution >= 4 is 29.1 Å². The third-order valence-electron chi connectivity index (χ3n) is 3.95. The zero-order valence-electron chi connectivity index (χ0n) is 12.5. The van der Waals surface area contributed by atoms with E-state index in [1.54, 1.807) is 30.0 Å². The standard InChI is InChI=1S/C16H21Cl2NO3/c1-10(20)5-14-3-2-4-19(14)16(22)9-15(21)11-6-12(17)8-13(18)7-11/h6-8,10,14-15,20-21H,2-5,9H2,1H3/t10-,14-,15+/m0/s1. The smallest absolute Gasteiger partial charge is 0.225 e. The fraction of sp³-hybridized carbons (Fsp3) is 0.562. The summed E-state index contributed by atoms with van der Waals surface area (Å²) >= 11 is 11.8. The fourth-order valence-corrected chi connectivity index (χ4v) is 3.51. The average molecular weight is 346 g/mol. The Morgan fingerprint density at radius 2 is 1.95 bits per heavy atom. The van der Waals surface area contributed by atoms with Crippen molar-refractivity contribution in [3.63, 3.8) is 0 Å². The van der Waals surface area contributed by atoms with Gasteiger partial charge in [-0.15, -0.1) is 0 Å². The number of rotatable bonds is 5. The summed E-state index contributed by atoms with van der Waals surface area (Å²) in [6.07, 6.45) is 1.03. The van der Waals surface area contributed by atoms with E-state index in [2.05, 4.69) is 0 Å². The Kier molecular flexibility index (Phi) is 6.09. The van der Waals surface area contributed by atoms with Gasteiger partial charge in [0, 0.05) is 22.6 Å². The van der Waals surface area contributed by atoms with Gasteiger partial charge in [0.25, 0.3) is 0 Å². The van der Waals surface area contributed by atoms with E-state index in [-0.39, 0.29) is 18.4 Å². The first-order valence-electron chi connectivity index (χ1n) is 7.48. The van der Waals surface area contributed by atoms with Crippen molar-refractivity contribution in [1.82, 2.24) is 4.90 Å². The van der Waals surface area contributed by atoms with E-state index in [0.29, 0.717) is 28.6 Å². The number of aliphatic hydroxyl groups excluding tert-OH is 2. The zero-order valence-corrected chi connectivity index (χ0v) is 14.0. The van der Waals surface area contributed by atoms with Crippen LogP contribution in [-0.2, 0) is 4.79 Å². The maximum atomic E-state index is 12.4. The number of likely N-dealkylation sites (tertiary alicyclic amines) is 1. The van der Waals surface area contributed by atoms with Crippen molar-refractivity contribution in [2.45, 2.75) is 50.9 Å². The number of carbonyl (C=O) groups is 1. The van der Waals surface area contributed by atoms with Gasteiger partial charge in [-0.2, -0.15) is 0 Å². The van der Waals surface area contributed by atoms with Crippen LogP contribution >= 0.6 is 23.2 Å². The number of aliphatic hydroxyl groups is 2. The summed E-state index contributed by atoms with van der Waals surface area (Å²) in [4.78, 5) is 14.2. The molecule has 6 heteroatoms. The Bertz CT molecular complexity index is 516. The lowest BCUT2D eigenvalue weighted by Crippen LogP contribution is -2.37. The summed E-state index contributed by atoms with van der Waals surface area (Å²) in [6.45, 7) is 2.41. The van der Waals surface area contributed by atoms with Crippen LogP contribution in [0.25, 0.3) is 0 Å². The molecule has 1 heterocycles. The van der Waals surface area contributed by atoms with Gasteiger partial charge < -0.3 is 15.1 Å². The SMILES string of the molecule is C[C@H](O)C[C@@H]1CCCN1C(=O)C[C@@H](O)c1cc(Cl)cc(Cl)c1. The van der Waals surface area contributed by atoms with Crippen LogP contribution in [0, 0.1) is 0 Å². The quantitative estimate of drug-likeness (QED) is 0.861. The van der Waals surface area contributed by atoms with Crippen LogP contribution in [0.15, 0.2) is 18.2 Å². The molecule has 0 spiro atoms. The first kappa shape index (κ1) is 17.5. The fourth-order valence-electron chi connectivity index (χ4n) is 2.97. The molecule has 2 rings (SSSR count). The molecule has 1 amide bonds. The van der Waals surface area contributed by atoms with E-state index < -0.39 is 12.2 Å². The third-order valence-corrected chi connectivity index (χ3v) is 4.38. The molecule has 0 aliphatic carbocycles. The second kappa shape index (κ2) is 7.64. The molecule has 1 fully saturated rings. The van der Waals surface area contributed by atoms with Gasteiger partial charge in [-0.1, -0.05) is 23.2 Å². The minimum Gasteiger partial charge on any atom is -0.393 e. The van der Waals surface area contributed by atoms with Gasteiger partial charge >= 0.3 is 0 Å². The Morgan fingerprint density at radius 1 is 1.32 bits per heavy atom. The van der Waals surface area contributed by atoms with E-state index in [4.69, 9.17) is 23.2 Å². The van der Waals surface area contributed by atoms with Crippen molar-refractivity contribution in [2.75, 3.05) is 6.54 Å². The third kappa shape index (κ3) is 4.59. The predicted octanol–water partition coefficient (Wildman–Crippen LogP) is 3.18. The molecule has 4 nitrogen and oxygen atoms in total. The van der Waals surface area contributed by atoms with Crippen LogP contribution in [0.5, 0.6) is 0 Å². The van der Waals surface area contributed by atoms with Crippen LogP contribution in [0.2, 0.25) is 10.0 Å². The Balaban J connectivity index is 2.01. The molecule has 2 N–H and O–H groups in total. The maximum Gasteiger partial charge on any atom is 0.225 e. The summed E-state index contributed by atoms with van der Waals surface area (Å²) in [5.41, 5.74) is 0.539. The second-order valence-corrected chi connectivity index (χ2v) is 6.76. The number of hydrogen-bond donors (Lipinski definition) is 2. The molecule has 1 aliphatic rings. The molecule has 0 bridgehead atoms. The molecular weight excluding hydrogens is 325 g/mol. The van der Waals surface area contributed by atoms with Crippen LogP contribution < -0.4 is 0 Å². The lowest BCUT2D eigenvalue weighted by Gasteiger charge is -2.26. The lowest BCUT2D eigenvalue weighted by atomic mass is 10.0. The predicted molar refractivity (Wildman–Crippen MR) is 87.1 cm³/mol. The number of hydrogen-bond acceptors (Lipinski definition) is 3. The monoisotopic (exact) mass is 345 g/mol. The molecule has 0 radical (unpaired) electrons. The van der Waals surface area contributed by atoms with Crippen molar-refractivity contribution in [2.24, 2.45) is 0 Å². The zero-order chi connectivity index (χ0) is 16.3. The summed E-state index contributed by atoms with van der Waals surface area (Å²) in [5.74, 6) is -0.105. The van der Waals surface area contributed by atoms with Gasteiger partial charge in [0.2, 0.25) is 5.91 Å². The average Bonchev–Trinajstić information content (AvgIpc) is 2.84. The maximum absolute atomic E-state index is 12.4. The van der Waals surface area contributed by atoms with Gasteiger partial charge in [0.15, 0.2) is 0 Å². The molecule has 0 saturated carbocycles. The van der Waals surface area contributed by atoms with E-state index >= 15 is 0 Å². The van der Waals surface area contributed by atoms with Crippen molar-refractivity contribution in [3.8, 4) is 0 Å². The molecule has 1 aliphatic heterocycles. The molecule has 0 aromatic heterocycles. The van der Waals surface area contributed by atoms with Crippen molar-refractivity contribution in [3.05, 3.63) is 33.8 Å². The van der Waals surface area contributed by atoms with Gasteiger partial charge in [-0.3, -0.25) is 4.79 Å². The van der Waals surface area contributed by atoms with E-state index in [1.807, 2.05) is 0 Å². The molecular formula is C16H21Cl2NO3. The first-order chi connectivity index (χ1) is 10.4. The number of halogens is 2. The van der Waals surface area contributed by atoms with Crippen LogP contribution in [0.1, 0.15) is 44.3 Å². The minimum atomic E-state index is -0.934. The second-order valence-electron chi connectivity index (χ2n) is 5.89. The topological polar surface area (TPSA) is 60.8 Å². The molecule has 3 atom stereocenters. The highest BCUT2D eigenvalue weighted by Crippen LogP contribution is 2.28. The Morgan fingerprint density at radius 3 is 2.55 bits per heavy atom. The number of nitrogens with zero attached hydrogens (tertiary/aromatic N) is 1.